The Morgan fingerprint density at radius 3 is 2.33 bits per heavy atom. The maximum absolute atomic E-state index is 13.2. The second-order valence-corrected chi connectivity index (χ2v) is 9.86. The number of thiophene rings is 1. The summed E-state index contributed by atoms with van der Waals surface area (Å²) in [4.78, 5) is 37.1. The summed E-state index contributed by atoms with van der Waals surface area (Å²) in [5, 5.41) is 22.3. The molecule has 8 nitrogen and oxygen atoms in total. The number of carboxylic acids is 2. The minimum atomic E-state index is -0.930. The summed E-state index contributed by atoms with van der Waals surface area (Å²) in [6.07, 6.45) is 0.481. The van der Waals surface area contributed by atoms with Gasteiger partial charge in [0.1, 0.15) is 18.1 Å². The highest BCUT2D eigenvalue weighted by atomic mass is 32.1. The van der Waals surface area contributed by atoms with Gasteiger partial charge in [0, 0.05) is 37.1 Å². The molecule has 1 aromatic heterocycles. The number of hydrogen-bond donors (Lipinski definition) is 2. The van der Waals surface area contributed by atoms with Crippen LogP contribution in [0.25, 0.3) is 11.1 Å². The van der Waals surface area contributed by atoms with Gasteiger partial charge in [0.2, 0.25) is 0 Å². The van der Waals surface area contributed by atoms with Gasteiger partial charge in [-0.25, -0.2) is 0 Å². The standard InChI is InChI=1S/C30H35NO7S/c1-4-31(5-2)30(36)23-14-22(26-19-39-18-20(26)3)15-24(16-23)38-17-21-8-6-9-27(25(21)11-12-29(34)35)37-13-7-10-28(32)33/h6,8-9,14-16,18-19H,4-5,7,10-13,17H2,1-3H3,(H,32,33)(H,34,35). The van der Waals surface area contributed by atoms with Gasteiger partial charge in [-0.1, -0.05) is 12.1 Å². The normalized spacial score (nSPS) is 10.7. The quantitative estimate of drug-likeness (QED) is 0.220. The lowest BCUT2D eigenvalue weighted by molar-refractivity contribution is -0.138. The molecule has 0 aliphatic heterocycles. The van der Waals surface area contributed by atoms with Gasteiger partial charge in [-0.15, -0.1) is 0 Å². The number of amides is 1. The molecular formula is C30H35NO7S. The summed E-state index contributed by atoms with van der Waals surface area (Å²) in [6, 6.07) is 11.0. The molecule has 0 radical (unpaired) electrons. The third kappa shape index (κ3) is 8.32. The van der Waals surface area contributed by atoms with Crippen LogP contribution >= 0.6 is 11.3 Å². The van der Waals surface area contributed by atoms with E-state index in [-0.39, 0.29) is 38.4 Å². The van der Waals surface area contributed by atoms with E-state index in [2.05, 4.69) is 10.8 Å². The first-order valence-corrected chi connectivity index (χ1v) is 13.9. The maximum Gasteiger partial charge on any atom is 0.303 e. The number of rotatable bonds is 15. The van der Waals surface area contributed by atoms with Crippen molar-refractivity contribution in [1.82, 2.24) is 4.90 Å². The molecule has 0 saturated heterocycles. The fourth-order valence-corrected chi connectivity index (χ4v) is 5.13. The molecule has 1 heterocycles. The molecule has 0 spiro atoms. The van der Waals surface area contributed by atoms with Gasteiger partial charge in [0.15, 0.2) is 0 Å². The van der Waals surface area contributed by atoms with Gasteiger partial charge in [-0.3, -0.25) is 14.4 Å². The zero-order valence-corrected chi connectivity index (χ0v) is 23.4. The zero-order chi connectivity index (χ0) is 28.4. The summed E-state index contributed by atoms with van der Waals surface area (Å²) in [6.45, 7) is 7.46. The van der Waals surface area contributed by atoms with Crippen molar-refractivity contribution >= 4 is 29.2 Å². The SMILES string of the molecule is CCN(CC)C(=O)c1cc(OCc2cccc(OCCCC(=O)O)c2CCC(=O)O)cc(-c2cscc2C)c1. The van der Waals surface area contributed by atoms with Crippen LogP contribution in [-0.4, -0.2) is 52.7 Å². The van der Waals surface area contributed by atoms with Crippen LogP contribution in [0, 0.1) is 6.92 Å². The summed E-state index contributed by atoms with van der Waals surface area (Å²) in [5.74, 6) is -0.849. The number of benzene rings is 2. The van der Waals surface area contributed by atoms with Crippen molar-refractivity contribution in [3.8, 4) is 22.6 Å². The van der Waals surface area contributed by atoms with Crippen LogP contribution in [0.3, 0.4) is 0 Å². The van der Waals surface area contributed by atoms with Crippen LogP contribution in [-0.2, 0) is 22.6 Å². The van der Waals surface area contributed by atoms with E-state index in [0.717, 1.165) is 22.3 Å². The Morgan fingerprint density at radius 1 is 0.949 bits per heavy atom. The number of ether oxygens (including phenoxy) is 2. The lowest BCUT2D eigenvalue weighted by Crippen LogP contribution is -2.30. The van der Waals surface area contributed by atoms with Crippen LogP contribution in [0.2, 0.25) is 0 Å². The van der Waals surface area contributed by atoms with Gasteiger partial charge in [-0.2, -0.15) is 11.3 Å². The van der Waals surface area contributed by atoms with Gasteiger partial charge < -0.3 is 24.6 Å². The fraction of sp³-hybridized carbons (Fsp3) is 0.367. The number of carbonyl (C=O) groups excluding carboxylic acids is 1. The van der Waals surface area contributed by atoms with Gasteiger partial charge in [-0.05, 0) is 90.9 Å². The Bertz CT molecular complexity index is 1300. The zero-order valence-electron chi connectivity index (χ0n) is 22.6. The van der Waals surface area contributed by atoms with E-state index < -0.39 is 11.9 Å². The van der Waals surface area contributed by atoms with Crippen molar-refractivity contribution in [3.63, 3.8) is 0 Å². The average Bonchev–Trinajstić information content (AvgIpc) is 3.35. The first-order valence-electron chi connectivity index (χ1n) is 13.0. The molecule has 0 saturated carbocycles. The molecule has 2 N–H and O–H groups in total. The predicted octanol–water partition coefficient (Wildman–Crippen LogP) is 6.05. The summed E-state index contributed by atoms with van der Waals surface area (Å²) in [5.41, 5.74) is 5.06. The lowest BCUT2D eigenvalue weighted by atomic mass is 10.0. The highest BCUT2D eigenvalue weighted by Crippen LogP contribution is 2.32. The highest BCUT2D eigenvalue weighted by molar-refractivity contribution is 7.08. The molecule has 3 rings (SSSR count). The van der Waals surface area contributed by atoms with Crippen LogP contribution in [0.5, 0.6) is 11.5 Å². The van der Waals surface area contributed by atoms with Gasteiger partial charge in [0.25, 0.3) is 5.91 Å². The topological polar surface area (TPSA) is 113 Å². The largest absolute Gasteiger partial charge is 0.493 e. The molecule has 1 amide bonds. The van der Waals surface area contributed by atoms with Crippen molar-refractivity contribution in [1.29, 1.82) is 0 Å². The van der Waals surface area contributed by atoms with Crippen molar-refractivity contribution in [3.05, 3.63) is 69.4 Å². The van der Waals surface area contributed by atoms with E-state index in [0.29, 0.717) is 42.1 Å². The molecule has 0 aliphatic carbocycles. The van der Waals surface area contributed by atoms with Gasteiger partial charge in [0.05, 0.1) is 6.61 Å². The fourth-order valence-electron chi connectivity index (χ4n) is 4.27. The number of carboxylic acid groups (broad SMARTS) is 2. The molecule has 2 aromatic carbocycles. The van der Waals surface area contributed by atoms with Crippen molar-refractivity contribution in [2.24, 2.45) is 0 Å². The molecule has 208 valence electrons. The molecule has 0 atom stereocenters. The van der Waals surface area contributed by atoms with E-state index in [9.17, 15) is 19.5 Å². The predicted molar refractivity (Wildman–Crippen MR) is 151 cm³/mol. The Labute approximate surface area is 232 Å². The third-order valence-electron chi connectivity index (χ3n) is 6.38. The lowest BCUT2D eigenvalue weighted by Gasteiger charge is -2.20. The Hall–Kier alpha value is -3.85. The Balaban J connectivity index is 1.91. The number of carbonyl (C=O) groups is 3. The monoisotopic (exact) mass is 553 g/mol. The number of hydrogen-bond acceptors (Lipinski definition) is 6. The molecule has 0 fully saturated rings. The molecule has 0 aliphatic rings. The third-order valence-corrected chi connectivity index (χ3v) is 7.24. The molecule has 0 unspecified atom stereocenters. The van der Waals surface area contributed by atoms with E-state index in [1.165, 1.54) is 0 Å². The second kappa shape index (κ2) is 14.3. The summed E-state index contributed by atoms with van der Waals surface area (Å²) in [7, 11) is 0. The molecule has 9 heteroatoms. The van der Waals surface area contributed by atoms with E-state index >= 15 is 0 Å². The van der Waals surface area contributed by atoms with E-state index in [4.69, 9.17) is 14.6 Å². The van der Waals surface area contributed by atoms with Crippen LogP contribution in [0.15, 0.2) is 47.2 Å². The summed E-state index contributed by atoms with van der Waals surface area (Å²) < 4.78 is 12.1. The van der Waals surface area contributed by atoms with Crippen molar-refractivity contribution in [2.75, 3.05) is 19.7 Å². The maximum atomic E-state index is 13.2. The van der Waals surface area contributed by atoms with Crippen molar-refractivity contribution in [2.45, 2.75) is 53.1 Å². The van der Waals surface area contributed by atoms with Crippen molar-refractivity contribution < 1.29 is 34.1 Å². The average molecular weight is 554 g/mol. The first-order chi connectivity index (χ1) is 18.7. The van der Waals surface area contributed by atoms with Crippen LogP contribution in [0.1, 0.15) is 60.2 Å². The Kier molecular flexibility index (Phi) is 10.9. The smallest absolute Gasteiger partial charge is 0.303 e. The number of aryl methyl sites for hydroxylation is 1. The van der Waals surface area contributed by atoms with E-state index in [1.54, 1.807) is 34.4 Å². The van der Waals surface area contributed by atoms with Crippen LogP contribution in [0.4, 0.5) is 0 Å². The highest BCUT2D eigenvalue weighted by Gasteiger charge is 2.18. The molecule has 0 bridgehead atoms. The second-order valence-electron chi connectivity index (χ2n) is 9.11. The molecular weight excluding hydrogens is 518 g/mol. The van der Waals surface area contributed by atoms with E-state index in [1.807, 2.05) is 39.0 Å². The number of nitrogens with zero attached hydrogens (tertiary/aromatic N) is 1. The van der Waals surface area contributed by atoms with Gasteiger partial charge >= 0.3 is 11.9 Å². The van der Waals surface area contributed by atoms with Crippen LogP contribution < -0.4 is 9.47 Å². The molecule has 3 aromatic rings. The Morgan fingerprint density at radius 2 is 1.69 bits per heavy atom. The molecule has 39 heavy (non-hydrogen) atoms. The minimum absolute atomic E-state index is 0.0122. The summed E-state index contributed by atoms with van der Waals surface area (Å²) >= 11 is 1.60. The number of aliphatic carboxylic acids is 2. The first kappa shape index (κ1) is 29.7. The minimum Gasteiger partial charge on any atom is -0.493 e.